The van der Waals surface area contributed by atoms with Gasteiger partial charge < -0.3 is 10.5 Å². The van der Waals surface area contributed by atoms with Gasteiger partial charge in [0, 0.05) is 11.5 Å². The largest absolute Gasteiger partial charge is 0.489 e. The van der Waals surface area contributed by atoms with Crippen LogP contribution in [0.5, 0.6) is 5.75 Å². The standard InChI is InChI=1S/C24H25NO/c1-2-19-13-14-24(26-18-20-9-5-3-6-10-20)23(17-19)22(15-16-25)21-11-7-4-8-12-21/h2-14,17,22H,1,15-16,18,25H2. The molecule has 0 aliphatic heterocycles. The highest BCUT2D eigenvalue weighted by Gasteiger charge is 2.18. The average molecular weight is 343 g/mol. The first-order valence-corrected chi connectivity index (χ1v) is 9.00. The first-order valence-electron chi connectivity index (χ1n) is 9.00. The van der Waals surface area contributed by atoms with Crippen molar-refractivity contribution in [2.24, 2.45) is 5.73 Å². The molecule has 0 fully saturated rings. The van der Waals surface area contributed by atoms with Gasteiger partial charge in [0.2, 0.25) is 0 Å². The second-order valence-corrected chi connectivity index (χ2v) is 6.32. The molecule has 2 heteroatoms. The molecule has 132 valence electrons. The minimum Gasteiger partial charge on any atom is -0.489 e. The van der Waals surface area contributed by atoms with Crippen molar-refractivity contribution in [2.75, 3.05) is 6.54 Å². The zero-order chi connectivity index (χ0) is 18.2. The van der Waals surface area contributed by atoms with E-state index in [0.717, 1.165) is 28.9 Å². The van der Waals surface area contributed by atoms with Gasteiger partial charge in [-0.1, -0.05) is 79.4 Å². The Kier molecular flexibility index (Phi) is 6.24. The molecule has 2 N–H and O–H groups in total. The average Bonchev–Trinajstić information content (AvgIpc) is 2.72. The van der Waals surface area contributed by atoms with Crippen molar-refractivity contribution < 1.29 is 4.74 Å². The molecule has 0 saturated carbocycles. The number of nitrogens with two attached hydrogens (primary N) is 1. The van der Waals surface area contributed by atoms with Gasteiger partial charge in [0.1, 0.15) is 12.4 Å². The van der Waals surface area contributed by atoms with E-state index in [0.29, 0.717) is 13.2 Å². The van der Waals surface area contributed by atoms with Crippen LogP contribution >= 0.6 is 0 Å². The summed E-state index contributed by atoms with van der Waals surface area (Å²) in [7, 11) is 0. The number of rotatable bonds is 8. The van der Waals surface area contributed by atoms with E-state index < -0.39 is 0 Å². The highest BCUT2D eigenvalue weighted by molar-refractivity contribution is 5.54. The van der Waals surface area contributed by atoms with Gasteiger partial charge in [-0.15, -0.1) is 0 Å². The van der Waals surface area contributed by atoms with Gasteiger partial charge in [-0.2, -0.15) is 0 Å². The Morgan fingerprint density at radius 1 is 0.923 bits per heavy atom. The molecule has 0 spiro atoms. The fourth-order valence-corrected chi connectivity index (χ4v) is 3.19. The van der Waals surface area contributed by atoms with E-state index in [-0.39, 0.29) is 5.92 Å². The quantitative estimate of drug-likeness (QED) is 0.595. The van der Waals surface area contributed by atoms with Gasteiger partial charge in [0.25, 0.3) is 0 Å². The van der Waals surface area contributed by atoms with E-state index >= 15 is 0 Å². The van der Waals surface area contributed by atoms with Gasteiger partial charge in [-0.3, -0.25) is 0 Å². The lowest BCUT2D eigenvalue weighted by Gasteiger charge is -2.21. The first-order chi connectivity index (χ1) is 12.8. The molecule has 0 aromatic heterocycles. The van der Waals surface area contributed by atoms with Gasteiger partial charge in [-0.25, -0.2) is 0 Å². The maximum Gasteiger partial charge on any atom is 0.123 e. The SMILES string of the molecule is C=Cc1ccc(OCc2ccccc2)c(C(CCN)c2ccccc2)c1. The van der Waals surface area contributed by atoms with Gasteiger partial charge in [0.05, 0.1) is 0 Å². The van der Waals surface area contributed by atoms with Gasteiger partial charge in [-0.05, 0) is 41.8 Å². The lowest BCUT2D eigenvalue weighted by Crippen LogP contribution is -2.11. The van der Waals surface area contributed by atoms with E-state index in [9.17, 15) is 0 Å². The Hall–Kier alpha value is -2.84. The molecule has 3 rings (SSSR count). The number of benzene rings is 3. The first kappa shape index (κ1) is 18.0. The predicted molar refractivity (Wildman–Crippen MR) is 109 cm³/mol. The van der Waals surface area contributed by atoms with Gasteiger partial charge in [0.15, 0.2) is 0 Å². The molecular formula is C24H25NO. The summed E-state index contributed by atoms with van der Waals surface area (Å²) in [5, 5.41) is 0. The van der Waals surface area contributed by atoms with Gasteiger partial charge >= 0.3 is 0 Å². The van der Waals surface area contributed by atoms with Crippen molar-refractivity contribution in [3.8, 4) is 5.75 Å². The fraction of sp³-hybridized carbons (Fsp3) is 0.167. The molecule has 26 heavy (non-hydrogen) atoms. The molecule has 0 aliphatic carbocycles. The molecule has 1 atom stereocenters. The van der Waals surface area contributed by atoms with E-state index in [1.807, 2.05) is 42.5 Å². The molecule has 3 aromatic rings. The normalized spacial score (nSPS) is 11.7. The molecule has 0 radical (unpaired) electrons. The third-order valence-electron chi connectivity index (χ3n) is 4.54. The van der Waals surface area contributed by atoms with Crippen molar-refractivity contribution in [1.29, 1.82) is 0 Å². The third-order valence-corrected chi connectivity index (χ3v) is 4.54. The smallest absolute Gasteiger partial charge is 0.123 e. The van der Waals surface area contributed by atoms with Crippen LogP contribution in [-0.2, 0) is 6.61 Å². The van der Waals surface area contributed by atoms with Crippen LogP contribution in [0.4, 0.5) is 0 Å². The molecule has 1 unspecified atom stereocenters. The molecule has 2 nitrogen and oxygen atoms in total. The van der Waals surface area contributed by atoms with Crippen molar-refractivity contribution in [2.45, 2.75) is 18.9 Å². The second kappa shape index (κ2) is 9.02. The van der Waals surface area contributed by atoms with Crippen LogP contribution in [0, 0.1) is 0 Å². The molecule has 0 bridgehead atoms. The Morgan fingerprint density at radius 3 is 2.27 bits per heavy atom. The van der Waals surface area contributed by atoms with Crippen LogP contribution in [0.25, 0.3) is 6.08 Å². The third kappa shape index (κ3) is 4.41. The molecular weight excluding hydrogens is 318 g/mol. The Morgan fingerprint density at radius 2 is 1.62 bits per heavy atom. The summed E-state index contributed by atoms with van der Waals surface area (Å²) in [6.45, 7) is 5.08. The van der Waals surface area contributed by atoms with Crippen LogP contribution in [0.3, 0.4) is 0 Å². The van der Waals surface area contributed by atoms with Crippen molar-refractivity contribution >= 4 is 6.08 Å². The Labute approximate surface area is 155 Å². The van der Waals surface area contributed by atoms with Crippen molar-refractivity contribution in [3.63, 3.8) is 0 Å². The van der Waals surface area contributed by atoms with E-state index in [1.165, 1.54) is 5.56 Å². The summed E-state index contributed by atoms with van der Waals surface area (Å²) in [4.78, 5) is 0. The number of ether oxygens (including phenoxy) is 1. The topological polar surface area (TPSA) is 35.2 Å². The molecule has 0 aliphatic rings. The summed E-state index contributed by atoms with van der Waals surface area (Å²) in [6.07, 6.45) is 2.74. The lowest BCUT2D eigenvalue weighted by atomic mass is 9.87. The highest BCUT2D eigenvalue weighted by atomic mass is 16.5. The van der Waals surface area contributed by atoms with Crippen LogP contribution in [-0.4, -0.2) is 6.54 Å². The summed E-state index contributed by atoms with van der Waals surface area (Å²) in [5.41, 5.74) is 10.6. The minimum absolute atomic E-state index is 0.201. The Balaban J connectivity index is 1.95. The monoisotopic (exact) mass is 343 g/mol. The molecule has 0 heterocycles. The number of hydrogen-bond donors (Lipinski definition) is 1. The molecule has 0 saturated heterocycles. The molecule has 3 aromatic carbocycles. The predicted octanol–water partition coefficient (Wildman–Crippen LogP) is 5.39. The zero-order valence-electron chi connectivity index (χ0n) is 15.0. The van der Waals surface area contributed by atoms with Crippen molar-refractivity contribution in [1.82, 2.24) is 0 Å². The minimum atomic E-state index is 0.201. The second-order valence-electron chi connectivity index (χ2n) is 6.32. The Bertz CT molecular complexity index is 827. The maximum atomic E-state index is 6.20. The number of hydrogen-bond acceptors (Lipinski definition) is 2. The van der Waals surface area contributed by atoms with Crippen LogP contribution in [0.2, 0.25) is 0 Å². The summed E-state index contributed by atoms with van der Waals surface area (Å²) >= 11 is 0. The van der Waals surface area contributed by atoms with Crippen LogP contribution in [0.15, 0.2) is 85.4 Å². The highest BCUT2D eigenvalue weighted by Crippen LogP contribution is 2.35. The zero-order valence-corrected chi connectivity index (χ0v) is 15.0. The van der Waals surface area contributed by atoms with Crippen LogP contribution in [0.1, 0.15) is 34.6 Å². The van der Waals surface area contributed by atoms with E-state index in [4.69, 9.17) is 10.5 Å². The summed E-state index contributed by atoms with van der Waals surface area (Å²) < 4.78 is 6.20. The maximum absolute atomic E-state index is 6.20. The van der Waals surface area contributed by atoms with E-state index in [1.54, 1.807) is 0 Å². The lowest BCUT2D eigenvalue weighted by molar-refractivity contribution is 0.301. The van der Waals surface area contributed by atoms with Crippen LogP contribution < -0.4 is 10.5 Å². The fourth-order valence-electron chi connectivity index (χ4n) is 3.19. The summed E-state index contributed by atoms with van der Waals surface area (Å²) in [5.74, 6) is 1.11. The molecule has 0 amide bonds. The summed E-state index contributed by atoms with van der Waals surface area (Å²) in [6, 6.07) is 27.0. The van der Waals surface area contributed by atoms with Crippen molar-refractivity contribution in [3.05, 3.63) is 108 Å². The van der Waals surface area contributed by atoms with E-state index in [2.05, 4.69) is 49.0 Å².